The van der Waals surface area contributed by atoms with Crippen LogP contribution in [-0.4, -0.2) is 42.9 Å². The molecule has 0 saturated heterocycles. The topological polar surface area (TPSA) is 87.7 Å². The van der Waals surface area contributed by atoms with Crippen molar-refractivity contribution >= 4 is 12.0 Å². The molecule has 0 heterocycles. The number of hydrogen-bond donors (Lipinski definition) is 3. The molecule has 0 radical (unpaired) electrons. The molecule has 116 valence electrons. The summed E-state index contributed by atoms with van der Waals surface area (Å²) in [7, 11) is 1.57. The van der Waals surface area contributed by atoms with Gasteiger partial charge in [0, 0.05) is 13.7 Å². The van der Waals surface area contributed by atoms with E-state index in [1.54, 1.807) is 31.4 Å². The minimum atomic E-state index is -0.962. The number of rotatable bonds is 7. The van der Waals surface area contributed by atoms with Crippen LogP contribution < -0.4 is 10.6 Å². The molecule has 0 saturated carbocycles. The van der Waals surface area contributed by atoms with E-state index >= 15 is 0 Å². The number of amides is 2. The normalized spacial score (nSPS) is 11.0. The number of carbonyl (C=O) groups excluding carboxylic acids is 1. The molecule has 6 nitrogen and oxygen atoms in total. The number of aromatic carboxylic acids is 1. The number of carbonyl (C=O) groups is 2. The van der Waals surface area contributed by atoms with E-state index in [1.807, 2.05) is 13.8 Å². The Hall–Kier alpha value is -2.08. The first-order chi connectivity index (χ1) is 9.85. The lowest BCUT2D eigenvalue weighted by Gasteiger charge is -2.25. The van der Waals surface area contributed by atoms with Gasteiger partial charge in [-0.05, 0) is 31.9 Å². The van der Waals surface area contributed by atoms with Gasteiger partial charge in [0.25, 0.3) is 0 Å². The van der Waals surface area contributed by atoms with Crippen LogP contribution in [0.5, 0.6) is 0 Å². The van der Waals surface area contributed by atoms with Crippen LogP contribution in [0.2, 0.25) is 0 Å². The maximum atomic E-state index is 11.7. The van der Waals surface area contributed by atoms with Gasteiger partial charge in [-0.1, -0.05) is 18.2 Å². The van der Waals surface area contributed by atoms with Gasteiger partial charge in [-0.3, -0.25) is 0 Å². The number of carboxylic acid groups (broad SMARTS) is 1. The van der Waals surface area contributed by atoms with Crippen LogP contribution in [0.4, 0.5) is 4.79 Å². The van der Waals surface area contributed by atoms with Gasteiger partial charge in [-0.2, -0.15) is 0 Å². The van der Waals surface area contributed by atoms with E-state index in [9.17, 15) is 9.59 Å². The zero-order valence-electron chi connectivity index (χ0n) is 12.6. The number of benzene rings is 1. The fourth-order valence-electron chi connectivity index (χ4n) is 2.01. The maximum absolute atomic E-state index is 11.7. The number of methoxy groups -OCH3 is 1. The zero-order chi connectivity index (χ0) is 15.9. The van der Waals surface area contributed by atoms with Gasteiger partial charge >= 0.3 is 12.0 Å². The molecule has 0 aliphatic heterocycles. The fraction of sp³-hybridized carbons (Fsp3) is 0.467. The van der Waals surface area contributed by atoms with E-state index in [2.05, 4.69) is 10.6 Å². The average Bonchev–Trinajstić information content (AvgIpc) is 2.38. The average molecular weight is 294 g/mol. The number of hydrogen-bond acceptors (Lipinski definition) is 3. The smallest absolute Gasteiger partial charge is 0.335 e. The molecule has 6 heteroatoms. The zero-order valence-corrected chi connectivity index (χ0v) is 12.6. The number of carboxylic acids is 1. The summed E-state index contributed by atoms with van der Waals surface area (Å²) in [6.07, 6.45) is 0.459. The summed E-state index contributed by atoms with van der Waals surface area (Å²) < 4.78 is 5.02. The quantitative estimate of drug-likeness (QED) is 0.713. The minimum Gasteiger partial charge on any atom is -0.478 e. The summed E-state index contributed by atoms with van der Waals surface area (Å²) >= 11 is 0. The molecule has 1 rings (SSSR count). The molecule has 0 aliphatic carbocycles. The molecule has 2 amide bonds. The second-order valence-corrected chi connectivity index (χ2v) is 5.41. The summed E-state index contributed by atoms with van der Waals surface area (Å²) in [6, 6.07) is 6.46. The highest BCUT2D eigenvalue weighted by Gasteiger charge is 2.19. The second kappa shape index (κ2) is 7.64. The lowest BCUT2D eigenvalue weighted by molar-refractivity contribution is 0.0695. The van der Waals surface area contributed by atoms with Gasteiger partial charge in [0.05, 0.1) is 17.7 Å². The van der Waals surface area contributed by atoms with Crippen molar-refractivity contribution in [3.8, 4) is 0 Å². The Labute approximate surface area is 124 Å². The molecule has 0 unspecified atom stereocenters. The van der Waals surface area contributed by atoms with Crippen molar-refractivity contribution in [1.29, 1.82) is 0 Å². The highest BCUT2D eigenvalue weighted by Crippen LogP contribution is 2.09. The Morgan fingerprint density at radius 3 is 2.57 bits per heavy atom. The Bertz CT molecular complexity index is 500. The molecule has 0 spiro atoms. The highest BCUT2D eigenvalue weighted by molar-refractivity contribution is 5.89. The van der Waals surface area contributed by atoms with E-state index in [1.165, 1.54) is 0 Å². The van der Waals surface area contributed by atoms with Crippen LogP contribution in [0.1, 0.15) is 29.8 Å². The largest absolute Gasteiger partial charge is 0.478 e. The van der Waals surface area contributed by atoms with E-state index < -0.39 is 11.5 Å². The lowest BCUT2D eigenvalue weighted by Crippen LogP contribution is -2.51. The van der Waals surface area contributed by atoms with Crippen molar-refractivity contribution in [3.63, 3.8) is 0 Å². The molecule has 0 aromatic heterocycles. The summed E-state index contributed by atoms with van der Waals surface area (Å²) in [6.45, 7) is 4.48. The third-order valence-corrected chi connectivity index (χ3v) is 2.88. The van der Waals surface area contributed by atoms with Crippen molar-refractivity contribution in [3.05, 3.63) is 35.4 Å². The fourth-order valence-corrected chi connectivity index (χ4v) is 2.01. The minimum absolute atomic E-state index is 0.263. The monoisotopic (exact) mass is 294 g/mol. The molecule has 0 bridgehead atoms. The van der Waals surface area contributed by atoms with Gasteiger partial charge in [0.15, 0.2) is 0 Å². The molecule has 3 N–H and O–H groups in total. The summed E-state index contributed by atoms with van der Waals surface area (Å²) in [4.78, 5) is 22.8. The highest BCUT2D eigenvalue weighted by atomic mass is 16.5. The van der Waals surface area contributed by atoms with Crippen LogP contribution in [0, 0.1) is 0 Å². The number of nitrogens with one attached hydrogen (secondary N) is 2. The van der Waals surface area contributed by atoms with Crippen LogP contribution in [0.15, 0.2) is 24.3 Å². The van der Waals surface area contributed by atoms with Crippen LogP contribution in [0.3, 0.4) is 0 Å². The molecular formula is C15H22N2O4. The van der Waals surface area contributed by atoms with E-state index in [-0.39, 0.29) is 11.6 Å². The third kappa shape index (κ3) is 5.83. The van der Waals surface area contributed by atoms with Gasteiger partial charge in [0.2, 0.25) is 0 Å². The first-order valence-corrected chi connectivity index (χ1v) is 6.72. The molecule has 21 heavy (non-hydrogen) atoms. The second-order valence-electron chi connectivity index (χ2n) is 5.41. The molecule has 0 aliphatic rings. The molecular weight excluding hydrogens is 272 g/mol. The van der Waals surface area contributed by atoms with Gasteiger partial charge in [-0.15, -0.1) is 0 Å². The Morgan fingerprint density at radius 2 is 1.95 bits per heavy atom. The Kier molecular flexibility index (Phi) is 6.17. The van der Waals surface area contributed by atoms with Crippen LogP contribution >= 0.6 is 0 Å². The van der Waals surface area contributed by atoms with E-state index in [4.69, 9.17) is 9.84 Å². The van der Waals surface area contributed by atoms with E-state index in [0.717, 1.165) is 0 Å². The third-order valence-electron chi connectivity index (χ3n) is 2.88. The van der Waals surface area contributed by atoms with Crippen molar-refractivity contribution in [2.45, 2.75) is 25.8 Å². The standard InChI is InChI=1S/C15H22N2O4/c1-15(2,10-21-3)17-14(20)16-9-8-11-6-4-5-7-12(11)13(18)19/h4-7H,8-10H2,1-3H3,(H,18,19)(H2,16,17,20). The van der Waals surface area contributed by atoms with E-state index in [0.29, 0.717) is 25.1 Å². The van der Waals surface area contributed by atoms with Gasteiger partial charge < -0.3 is 20.5 Å². The summed E-state index contributed by atoms with van der Waals surface area (Å²) in [5.74, 6) is -0.962. The number of ether oxygens (including phenoxy) is 1. The van der Waals surface area contributed by atoms with Crippen molar-refractivity contribution in [2.75, 3.05) is 20.3 Å². The van der Waals surface area contributed by atoms with Gasteiger partial charge in [0.1, 0.15) is 0 Å². The summed E-state index contributed by atoms with van der Waals surface area (Å²) in [5.41, 5.74) is 0.499. The molecule has 1 aromatic carbocycles. The van der Waals surface area contributed by atoms with Crippen molar-refractivity contribution < 1.29 is 19.4 Å². The first-order valence-electron chi connectivity index (χ1n) is 6.72. The maximum Gasteiger partial charge on any atom is 0.335 e. The Morgan fingerprint density at radius 1 is 1.29 bits per heavy atom. The molecule has 0 fully saturated rings. The molecule has 1 aromatic rings. The predicted octanol–water partition coefficient (Wildman–Crippen LogP) is 1.65. The lowest BCUT2D eigenvalue weighted by atomic mass is 10.0. The summed E-state index contributed by atoms with van der Waals surface area (Å²) in [5, 5.41) is 14.6. The van der Waals surface area contributed by atoms with Crippen LogP contribution in [-0.2, 0) is 11.2 Å². The number of urea groups is 1. The van der Waals surface area contributed by atoms with Crippen molar-refractivity contribution in [2.24, 2.45) is 0 Å². The SMILES string of the molecule is COCC(C)(C)NC(=O)NCCc1ccccc1C(=O)O. The van der Waals surface area contributed by atoms with Crippen molar-refractivity contribution in [1.82, 2.24) is 10.6 Å². The predicted molar refractivity (Wildman–Crippen MR) is 79.6 cm³/mol. The van der Waals surface area contributed by atoms with Crippen LogP contribution in [0.25, 0.3) is 0 Å². The first kappa shape index (κ1) is 17.0. The molecule has 0 atom stereocenters. The van der Waals surface area contributed by atoms with Gasteiger partial charge in [-0.25, -0.2) is 9.59 Å². The Balaban J connectivity index is 2.47.